The van der Waals surface area contributed by atoms with Crippen LogP contribution in [0.1, 0.15) is 43.6 Å². The molecule has 5 nitrogen and oxygen atoms in total. The molecule has 5 heteroatoms. The zero-order chi connectivity index (χ0) is 18.4. The summed E-state index contributed by atoms with van der Waals surface area (Å²) in [6, 6.07) is 8.71. The molecule has 1 fully saturated rings. The number of piperidine rings is 1. The Labute approximate surface area is 157 Å². The minimum Gasteiger partial charge on any atom is -0.357 e. The summed E-state index contributed by atoms with van der Waals surface area (Å²) in [5, 5.41) is 3.46. The molecule has 0 saturated carbocycles. The predicted octanol–water partition coefficient (Wildman–Crippen LogP) is 3.44. The normalized spacial score (nSPS) is 16.1. The fourth-order valence-electron chi connectivity index (χ4n) is 3.41. The second-order valence-corrected chi connectivity index (χ2v) is 7.26. The molecule has 1 aromatic carbocycles. The Bertz CT molecular complexity index is 726. The minimum atomic E-state index is 0.713. The molecular weight excluding hydrogens is 322 g/mol. The number of rotatable bonds is 5. The number of likely N-dealkylation sites (tertiary alicyclic amines) is 1. The molecule has 0 unspecified atom stereocenters. The van der Waals surface area contributed by atoms with Crippen LogP contribution in [0.2, 0.25) is 0 Å². The van der Waals surface area contributed by atoms with E-state index < -0.39 is 0 Å². The highest BCUT2D eigenvalue weighted by Gasteiger charge is 2.18. The second-order valence-electron chi connectivity index (χ2n) is 7.26. The van der Waals surface area contributed by atoms with Crippen molar-refractivity contribution in [1.29, 1.82) is 0 Å². The smallest absolute Gasteiger partial charge is 0.194 e. The van der Waals surface area contributed by atoms with Gasteiger partial charge in [0.2, 0.25) is 0 Å². The van der Waals surface area contributed by atoms with Crippen LogP contribution in [0.3, 0.4) is 0 Å². The molecule has 1 N–H and O–H groups in total. The molecular formula is C21H31N5. The first kappa shape index (κ1) is 18.5. The fourth-order valence-corrected chi connectivity index (χ4v) is 3.41. The molecule has 140 valence electrons. The maximum atomic E-state index is 4.90. The predicted molar refractivity (Wildman–Crippen MR) is 107 cm³/mol. The number of aryl methyl sites for hydroxylation is 1. The van der Waals surface area contributed by atoms with Gasteiger partial charge in [0, 0.05) is 38.6 Å². The second kappa shape index (κ2) is 8.88. The summed E-state index contributed by atoms with van der Waals surface area (Å²) in [5.41, 5.74) is 2.54. The van der Waals surface area contributed by atoms with Crippen molar-refractivity contribution in [2.75, 3.05) is 19.6 Å². The molecule has 0 amide bonds. The molecule has 1 aromatic heterocycles. The maximum Gasteiger partial charge on any atom is 0.194 e. The number of hydrogen-bond donors (Lipinski definition) is 1. The molecule has 0 radical (unpaired) electrons. The van der Waals surface area contributed by atoms with Crippen LogP contribution in [0, 0.1) is 12.8 Å². The first-order valence-corrected chi connectivity index (χ1v) is 9.74. The Morgan fingerprint density at radius 2 is 2.04 bits per heavy atom. The average Bonchev–Trinajstić information content (AvgIpc) is 3.04. The molecule has 2 aromatic rings. The highest BCUT2D eigenvalue weighted by molar-refractivity contribution is 5.80. The van der Waals surface area contributed by atoms with Crippen LogP contribution >= 0.6 is 0 Å². The summed E-state index contributed by atoms with van der Waals surface area (Å²) in [6.45, 7) is 11.2. The Kier molecular flexibility index (Phi) is 6.31. The Morgan fingerprint density at radius 3 is 2.73 bits per heavy atom. The number of benzene rings is 1. The van der Waals surface area contributed by atoms with Crippen molar-refractivity contribution >= 4 is 5.96 Å². The molecule has 3 rings (SSSR count). The number of aromatic nitrogens is 2. The lowest BCUT2D eigenvalue weighted by Gasteiger charge is -2.33. The molecule has 26 heavy (non-hydrogen) atoms. The monoisotopic (exact) mass is 353 g/mol. The van der Waals surface area contributed by atoms with E-state index in [0.717, 1.165) is 43.9 Å². The molecule has 1 saturated heterocycles. The third kappa shape index (κ3) is 4.87. The first-order chi connectivity index (χ1) is 12.7. The van der Waals surface area contributed by atoms with Gasteiger partial charge >= 0.3 is 0 Å². The zero-order valence-electron chi connectivity index (χ0n) is 16.3. The minimum absolute atomic E-state index is 0.713. The van der Waals surface area contributed by atoms with E-state index in [-0.39, 0.29) is 0 Å². The molecule has 0 aliphatic carbocycles. The van der Waals surface area contributed by atoms with Crippen molar-refractivity contribution in [1.82, 2.24) is 19.8 Å². The summed E-state index contributed by atoms with van der Waals surface area (Å²) in [5.74, 6) is 2.93. The lowest BCUT2D eigenvalue weighted by Crippen LogP contribution is -2.45. The fraction of sp³-hybridized carbons (Fsp3) is 0.524. The number of aliphatic imine (C=N–C) groups is 1. The van der Waals surface area contributed by atoms with Crippen LogP contribution in [0.25, 0.3) is 0 Å². The SMILES string of the molecule is CCNC(=NCc1cccc(Cn2ccnc2C)c1)N1CCC(C)CC1. The Hall–Kier alpha value is -2.30. The molecule has 0 atom stereocenters. The number of nitrogens with zero attached hydrogens (tertiary/aromatic N) is 4. The van der Waals surface area contributed by atoms with Gasteiger partial charge in [-0.2, -0.15) is 0 Å². The standard InChI is InChI=1S/C21H31N5/c1-4-22-21(25-11-8-17(2)9-12-25)24-15-19-6-5-7-20(14-19)16-26-13-10-23-18(26)3/h5-7,10,13-14,17H,4,8-9,11-12,15-16H2,1-3H3,(H,22,24). The molecule has 0 spiro atoms. The highest BCUT2D eigenvalue weighted by atomic mass is 15.3. The lowest BCUT2D eigenvalue weighted by atomic mass is 10.00. The van der Waals surface area contributed by atoms with Crippen molar-refractivity contribution in [2.45, 2.75) is 46.7 Å². The number of imidazole rings is 1. The van der Waals surface area contributed by atoms with E-state index in [1.807, 2.05) is 19.3 Å². The van der Waals surface area contributed by atoms with Gasteiger partial charge in [0.1, 0.15) is 5.82 Å². The number of guanidine groups is 1. The van der Waals surface area contributed by atoms with E-state index in [9.17, 15) is 0 Å². The van der Waals surface area contributed by atoms with Crippen LogP contribution in [-0.4, -0.2) is 40.0 Å². The highest BCUT2D eigenvalue weighted by Crippen LogP contribution is 2.16. The van der Waals surface area contributed by atoms with Gasteiger partial charge in [-0.25, -0.2) is 9.98 Å². The molecule has 1 aliphatic heterocycles. The van der Waals surface area contributed by atoms with Crippen LogP contribution in [-0.2, 0) is 13.1 Å². The van der Waals surface area contributed by atoms with Gasteiger partial charge in [0.25, 0.3) is 0 Å². The summed E-state index contributed by atoms with van der Waals surface area (Å²) < 4.78 is 2.17. The third-order valence-electron chi connectivity index (χ3n) is 5.10. The van der Waals surface area contributed by atoms with Crippen molar-refractivity contribution in [3.63, 3.8) is 0 Å². The average molecular weight is 354 g/mol. The quantitative estimate of drug-likeness (QED) is 0.662. The van der Waals surface area contributed by atoms with E-state index in [0.29, 0.717) is 6.54 Å². The summed E-state index contributed by atoms with van der Waals surface area (Å²) in [7, 11) is 0. The summed E-state index contributed by atoms with van der Waals surface area (Å²) >= 11 is 0. The largest absolute Gasteiger partial charge is 0.357 e. The Morgan fingerprint density at radius 1 is 1.27 bits per heavy atom. The van der Waals surface area contributed by atoms with Crippen LogP contribution in [0.15, 0.2) is 41.7 Å². The van der Waals surface area contributed by atoms with Gasteiger partial charge in [-0.15, -0.1) is 0 Å². The molecule has 0 bridgehead atoms. The van der Waals surface area contributed by atoms with Crippen LogP contribution < -0.4 is 5.32 Å². The number of nitrogens with one attached hydrogen (secondary N) is 1. The van der Waals surface area contributed by atoms with Crippen molar-refractivity contribution in [3.8, 4) is 0 Å². The van der Waals surface area contributed by atoms with Crippen LogP contribution in [0.4, 0.5) is 0 Å². The van der Waals surface area contributed by atoms with E-state index in [4.69, 9.17) is 4.99 Å². The van der Waals surface area contributed by atoms with Gasteiger partial charge in [-0.1, -0.05) is 31.2 Å². The van der Waals surface area contributed by atoms with Gasteiger partial charge < -0.3 is 14.8 Å². The van der Waals surface area contributed by atoms with E-state index in [2.05, 4.69) is 57.9 Å². The van der Waals surface area contributed by atoms with Gasteiger partial charge in [0.15, 0.2) is 5.96 Å². The molecule has 2 heterocycles. The van der Waals surface area contributed by atoms with Gasteiger partial charge in [-0.05, 0) is 43.7 Å². The van der Waals surface area contributed by atoms with Crippen molar-refractivity contribution in [2.24, 2.45) is 10.9 Å². The summed E-state index contributed by atoms with van der Waals surface area (Å²) in [6.07, 6.45) is 6.39. The topological polar surface area (TPSA) is 45.5 Å². The third-order valence-corrected chi connectivity index (χ3v) is 5.10. The van der Waals surface area contributed by atoms with E-state index >= 15 is 0 Å². The lowest BCUT2D eigenvalue weighted by molar-refractivity contribution is 0.273. The Balaban J connectivity index is 1.67. The van der Waals surface area contributed by atoms with Crippen molar-refractivity contribution < 1.29 is 0 Å². The first-order valence-electron chi connectivity index (χ1n) is 9.74. The zero-order valence-corrected chi connectivity index (χ0v) is 16.3. The van der Waals surface area contributed by atoms with E-state index in [1.54, 1.807) is 0 Å². The van der Waals surface area contributed by atoms with E-state index in [1.165, 1.54) is 24.0 Å². The number of hydrogen-bond acceptors (Lipinski definition) is 2. The van der Waals surface area contributed by atoms with Crippen molar-refractivity contribution in [3.05, 3.63) is 53.6 Å². The maximum absolute atomic E-state index is 4.90. The van der Waals surface area contributed by atoms with Gasteiger partial charge in [-0.3, -0.25) is 0 Å². The summed E-state index contributed by atoms with van der Waals surface area (Å²) in [4.78, 5) is 11.6. The van der Waals surface area contributed by atoms with Gasteiger partial charge in [0.05, 0.1) is 6.54 Å². The molecule has 1 aliphatic rings. The van der Waals surface area contributed by atoms with Crippen LogP contribution in [0.5, 0.6) is 0 Å².